The standard InChI is InChI=1S/C15H24N2OS/c1-17(11-13-7-6-10-19-13)14(18)15(12-16)8-4-2-3-5-9-15/h6-7,10H,2-5,8-9,11-12,16H2,1H3. The first kappa shape index (κ1) is 14.5. The molecule has 19 heavy (non-hydrogen) atoms. The van der Waals surface area contributed by atoms with Crippen LogP contribution in [0.4, 0.5) is 0 Å². The highest BCUT2D eigenvalue weighted by Crippen LogP contribution is 2.36. The molecule has 0 saturated heterocycles. The number of hydrogen-bond donors (Lipinski definition) is 1. The van der Waals surface area contributed by atoms with Gasteiger partial charge in [-0.25, -0.2) is 0 Å². The molecule has 3 nitrogen and oxygen atoms in total. The van der Waals surface area contributed by atoms with Gasteiger partial charge < -0.3 is 10.6 Å². The third kappa shape index (κ3) is 3.37. The van der Waals surface area contributed by atoms with Crippen molar-refractivity contribution in [3.8, 4) is 0 Å². The molecule has 0 radical (unpaired) electrons. The van der Waals surface area contributed by atoms with Crippen molar-refractivity contribution >= 4 is 17.2 Å². The lowest BCUT2D eigenvalue weighted by Gasteiger charge is -2.34. The van der Waals surface area contributed by atoms with Crippen LogP contribution in [0, 0.1) is 5.41 Å². The molecule has 106 valence electrons. The number of carbonyl (C=O) groups excluding carboxylic acids is 1. The molecule has 2 N–H and O–H groups in total. The second-order valence-corrected chi connectivity index (χ2v) is 6.67. The Balaban J connectivity index is 2.06. The van der Waals surface area contributed by atoms with Crippen molar-refractivity contribution in [2.45, 2.75) is 45.1 Å². The van der Waals surface area contributed by atoms with Crippen molar-refractivity contribution in [3.63, 3.8) is 0 Å². The van der Waals surface area contributed by atoms with Gasteiger partial charge in [0.05, 0.1) is 12.0 Å². The maximum atomic E-state index is 12.8. The maximum absolute atomic E-state index is 12.8. The van der Waals surface area contributed by atoms with E-state index in [1.54, 1.807) is 11.3 Å². The monoisotopic (exact) mass is 280 g/mol. The van der Waals surface area contributed by atoms with E-state index < -0.39 is 0 Å². The number of thiophene rings is 1. The minimum absolute atomic E-state index is 0.241. The van der Waals surface area contributed by atoms with Crippen LogP contribution in [-0.4, -0.2) is 24.4 Å². The highest BCUT2D eigenvalue weighted by atomic mass is 32.1. The highest BCUT2D eigenvalue weighted by Gasteiger charge is 2.39. The minimum Gasteiger partial charge on any atom is -0.340 e. The molecule has 1 aliphatic rings. The summed E-state index contributed by atoms with van der Waals surface area (Å²) in [6, 6.07) is 4.11. The largest absolute Gasteiger partial charge is 0.340 e. The van der Waals surface area contributed by atoms with Crippen molar-refractivity contribution in [2.75, 3.05) is 13.6 Å². The molecule has 0 aliphatic heterocycles. The summed E-state index contributed by atoms with van der Waals surface area (Å²) in [5, 5.41) is 2.05. The normalized spacial score (nSPS) is 18.8. The topological polar surface area (TPSA) is 46.3 Å². The van der Waals surface area contributed by atoms with Crippen molar-refractivity contribution in [1.82, 2.24) is 4.90 Å². The number of nitrogens with two attached hydrogens (primary N) is 1. The lowest BCUT2D eigenvalue weighted by molar-refractivity contribution is -0.141. The van der Waals surface area contributed by atoms with Gasteiger partial charge in [-0.1, -0.05) is 31.7 Å². The summed E-state index contributed by atoms with van der Waals surface area (Å²) in [5.74, 6) is 0.241. The molecule has 1 aromatic heterocycles. The molecule has 1 heterocycles. The lowest BCUT2D eigenvalue weighted by atomic mass is 9.79. The van der Waals surface area contributed by atoms with Crippen LogP contribution < -0.4 is 5.73 Å². The Bertz CT molecular complexity index is 394. The van der Waals surface area contributed by atoms with Crippen LogP contribution in [0.5, 0.6) is 0 Å². The first-order chi connectivity index (χ1) is 9.18. The summed E-state index contributed by atoms with van der Waals surface area (Å²) in [7, 11) is 1.91. The van der Waals surface area contributed by atoms with E-state index in [4.69, 9.17) is 5.73 Å². The van der Waals surface area contributed by atoms with Crippen LogP contribution in [-0.2, 0) is 11.3 Å². The van der Waals surface area contributed by atoms with E-state index in [1.807, 2.05) is 18.0 Å². The van der Waals surface area contributed by atoms with Gasteiger partial charge in [-0.2, -0.15) is 0 Å². The smallest absolute Gasteiger partial charge is 0.230 e. The van der Waals surface area contributed by atoms with Crippen LogP contribution in [0.15, 0.2) is 17.5 Å². The molecule has 1 aliphatic carbocycles. The van der Waals surface area contributed by atoms with Crippen LogP contribution in [0.2, 0.25) is 0 Å². The lowest BCUT2D eigenvalue weighted by Crippen LogP contribution is -2.46. The molecular weight excluding hydrogens is 256 g/mol. The van der Waals surface area contributed by atoms with Crippen LogP contribution in [0.3, 0.4) is 0 Å². The molecule has 0 aromatic carbocycles. The number of nitrogens with zero attached hydrogens (tertiary/aromatic N) is 1. The van der Waals surface area contributed by atoms with Gasteiger partial charge in [0.25, 0.3) is 0 Å². The second kappa shape index (κ2) is 6.53. The van der Waals surface area contributed by atoms with Gasteiger partial charge in [0.15, 0.2) is 0 Å². The van der Waals surface area contributed by atoms with E-state index in [1.165, 1.54) is 17.7 Å². The molecule has 0 unspecified atom stereocenters. The summed E-state index contributed by atoms with van der Waals surface area (Å²) < 4.78 is 0. The molecule has 0 atom stereocenters. The summed E-state index contributed by atoms with van der Waals surface area (Å²) in [4.78, 5) is 15.9. The van der Waals surface area contributed by atoms with Crippen molar-refractivity contribution < 1.29 is 4.79 Å². The molecule has 4 heteroatoms. The minimum atomic E-state index is -0.303. The van der Waals surface area contributed by atoms with E-state index in [2.05, 4.69) is 11.4 Å². The van der Waals surface area contributed by atoms with Crippen molar-refractivity contribution in [1.29, 1.82) is 0 Å². The zero-order chi connectivity index (χ0) is 13.7. The summed E-state index contributed by atoms with van der Waals surface area (Å²) in [6.07, 6.45) is 6.66. The Morgan fingerprint density at radius 3 is 2.58 bits per heavy atom. The number of carbonyl (C=O) groups is 1. The molecule has 1 aromatic rings. The first-order valence-electron chi connectivity index (χ1n) is 7.16. The molecule has 0 bridgehead atoms. The molecule has 1 fully saturated rings. The summed E-state index contributed by atoms with van der Waals surface area (Å²) in [5.41, 5.74) is 5.67. The van der Waals surface area contributed by atoms with Gasteiger partial charge in [0.2, 0.25) is 5.91 Å². The Morgan fingerprint density at radius 1 is 1.37 bits per heavy atom. The van der Waals surface area contributed by atoms with E-state index in [9.17, 15) is 4.79 Å². The second-order valence-electron chi connectivity index (χ2n) is 5.64. The quantitative estimate of drug-likeness (QED) is 0.862. The third-order valence-corrected chi connectivity index (χ3v) is 5.09. The van der Waals surface area contributed by atoms with Crippen LogP contribution in [0.1, 0.15) is 43.4 Å². The summed E-state index contributed by atoms with van der Waals surface area (Å²) >= 11 is 1.70. The van der Waals surface area contributed by atoms with Crippen LogP contribution in [0.25, 0.3) is 0 Å². The predicted molar refractivity (Wildman–Crippen MR) is 80.0 cm³/mol. The zero-order valence-corrected chi connectivity index (χ0v) is 12.5. The van der Waals surface area contributed by atoms with Gasteiger partial charge in [0, 0.05) is 18.5 Å². The number of rotatable bonds is 4. The first-order valence-corrected chi connectivity index (χ1v) is 8.04. The van der Waals surface area contributed by atoms with Gasteiger partial charge >= 0.3 is 0 Å². The SMILES string of the molecule is CN(Cc1cccs1)C(=O)C1(CN)CCCCCC1. The Morgan fingerprint density at radius 2 is 2.05 bits per heavy atom. The van der Waals surface area contributed by atoms with E-state index in [0.29, 0.717) is 13.1 Å². The van der Waals surface area contributed by atoms with Gasteiger partial charge in [-0.05, 0) is 24.3 Å². The zero-order valence-electron chi connectivity index (χ0n) is 11.7. The number of hydrogen-bond acceptors (Lipinski definition) is 3. The maximum Gasteiger partial charge on any atom is 0.230 e. The van der Waals surface area contributed by atoms with E-state index >= 15 is 0 Å². The van der Waals surface area contributed by atoms with Gasteiger partial charge in [-0.3, -0.25) is 4.79 Å². The molecule has 0 spiro atoms. The highest BCUT2D eigenvalue weighted by molar-refractivity contribution is 7.09. The average molecular weight is 280 g/mol. The van der Waals surface area contributed by atoms with E-state index in [0.717, 1.165) is 25.7 Å². The fourth-order valence-electron chi connectivity index (χ4n) is 3.02. The predicted octanol–water partition coefficient (Wildman–Crippen LogP) is 3.01. The van der Waals surface area contributed by atoms with E-state index in [-0.39, 0.29) is 11.3 Å². The Kier molecular flexibility index (Phi) is 4.99. The average Bonchev–Trinajstić information content (AvgIpc) is 2.80. The van der Waals surface area contributed by atoms with Gasteiger partial charge in [-0.15, -0.1) is 11.3 Å². The van der Waals surface area contributed by atoms with Crippen molar-refractivity contribution in [2.24, 2.45) is 11.1 Å². The molecule has 1 saturated carbocycles. The van der Waals surface area contributed by atoms with Crippen LogP contribution >= 0.6 is 11.3 Å². The summed E-state index contributed by atoms with van der Waals surface area (Å²) in [6.45, 7) is 1.19. The van der Waals surface area contributed by atoms with Crippen molar-refractivity contribution in [3.05, 3.63) is 22.4 Å². The molecule has 1 amide bonds. The number of amides is 1. The Labute approximate surface area is 119 Å². The fraction of sp³-hybridized carbons (Fsp3) is 0.667. The fourth-order valence-corrected chi connectivity index (χ4v) is 3.78. The third-order valence-electron chi connectivity index (χ3n) is 4.22. The molecule has 2 rings (SSSR count). The Hall–Kier alpha value is -0.870. The molecular formula is C15H24N2OS. The van der Waals surface area contributed by atoms with Gasteiger partial charge in [0.1, 0.15) is 0 Å².